The van der Waals surface area contributed by atoms with E-state index in [1.165, 1.54) is 36.8 Å². The van der Waals surface area contributed by atoms with Gasteiger partial charge in [0.25, 0.3) is 0 Å². The first-order valence-electron chi connectivity index (χ1n) is 10.7. The Balaban J connectivity index is 0.00000210. The Hall–Kier alpha value is -1.06. The van der Waals surface area contributed by atoms with Crippen molar-refractivity contribution < 1.29 is 4.79 Å². The molecule has 1 saturated heterocycles. The van der Waals surface area contributed by atoms with Crippen LogP contribution in [0.15, 0.2) is 24.3 Å². The fraction of sp³-hybridized carbons (Fsp3) is 0.696. The maximum absolute atomic E-state index is 13.6. The first-order chi connectivity index (χ1) is 12.5. The number of nitrogens with two attached hydrogens (primary N) is 1. The average molecular weight is 391 g/mol. The number of amides is 1. The summed E-state index contributed by atoms with van der Waals surface area (Å²) in [5.41, 5.74) is 9.05. The topological polar surface area (TPSA) is 46.3 Å². The highest BCUT2D eigenvalue weighted by molar-refractivity contribution is 5.85. The van der Waals surface area contributed by atoms with Gasteiger partial charge in [-0.15, -0.1) is 12.4 Å². The van der Waals surface area contributed by atoms with Crippen LogP contribution in [0.5, 0.6) is 0 Å². The zero-order valence-corrected chi connectivity index (χ0v) is 17.6. The van der Waals surface area contributed by atoms with Crippen molar-refractivity contribution in [1.82, 2.24) is 4.90 Å². The quantitative estimate of drug-likeness (QED) is 0.782. The van der Waals surface area contributed by atoms with Gasteiger partial charge in [-0.2, -0.15) is 0 Å². The van der Waals surface area contributed by atoms with Gasteiger partial charge in [0.15, 0.2) is 0 Å². The summed E-state index contributed by atoms with van der Waals surface area (Å²) in [4.78, 5) is 15.8. The number of carbonyl (C=O) groups is 1. The molecule has 4 rings (SSSR count). The van der Waals surface area contributed by atoms with Gasteiger partial charge in [0, 0.05) is 18.5 Å². The summed E-state index contributed by atoms with van der Waals surface area (Å²) in [6, 6.07) is 9.40. The standard InChI is InChI=1S/C23H34N2O.ClH/c1-15-8-10-17(11-9-15)22-16(2)5-4-12-25(22)23(26)20-13-18-6-3-7-19(14-20)21(18)24;/h8-11,16,18-22H,3-7,12-14,24H2,1-2H3;1H. The normalized spacial score (nSPS) is 36.0. The fourth-order valence-corrected chi connectivity index (χ4v) is 5.93. The number of benzene rings is 1. The molecule has 2 saturated carbocycles. The zero-order chi connectivity index (χ0) is 18.3. The van der Waals surface area contributed by atoms with Crippen LogP contribution in [0.1, 0.15) is 69.0 Å². The third-order valence-corrected chi connectivity index (χ3v) is 7.40. The third-order valence-electron chi connectivity index (χ3n) is 7.40. The Bertz CT molecular complexity index is 632. The average Bonchev–Trinajstić information content (AvgIpc) is 2.62. The number of halogens is 1. The van der Waals surface area contributed by atoms with E-state index in [0.29, 0.717) is 29.7 Å². The zero-order valence-electron chi connectivity index (χ0n) is 16.8. The highest BCUT2D eigenvalue weighted by Gasteiger charge is 2.43. The molecule has 4 unspecified atom stereocenters. The smallest absolute Gasteiger partial charge is 0.226 e. The van der Waals surface area contributed by atoms with Gasteiger partial charge in [-0.1, -0.05) is 43.2 Å². The summed E-state index contributed by atoms with van der Waals surface area (Å²) in [5.74, 6) is 2.27. The number of rotatable bonds is 2. The van der Waals surface area contributed by atoms with E-state index in [2.05, 4.69) is 43.0 Å². The van der Waals surface area contributed by atoms with Crippen LogP contribution < -0.4 is 5.73 Å². The maximum Gasteiger partial charge on any atom is 0.226 e. The van der Waals surface area contributed by atoms with Gasteiger partial charge >= 0.3 is 0 Å². The molecule has 4 heteroatoms. The molecule has 3 nitrogen and oxygen atoms in total. The molecule has 1 amide bonds. The van der Waals surface area contributed by atoms with E-state index in [-0.39, 0.29) is 24.4 Å². The molecule has 1 aromatic carbocycles. The molecule has 3 aliphatic rings. The SMILES string of the molecule is Cc1ccc(C2C(C)CCCN2C(=O)C2CC3CCCC(C2)C3N)cc1.Cl. The molecular formula is C23H35ClN2O. The van der Waals surface area contributed by atoms with Crippen molar-refractivity contribution in [2.45, 2.75) is 70.9 Å². The van der Waals surface area contributed by atoms with Crippen molar-refractivity contribution in [1.29, 1.82) is 0 Å². The van der Waals surface area contributed by atoms with Gasteiger partial charge in [-0.25, -0.2) is 0 Å². The van der Waals surface area contributed by atoms with Gasteiger partial charge in [0.2, 0.25) is 5.91 Å². The molecule has 4 atom stereocenters. The van der Waals surface area contributed by atoms with Crippen LogP contribution in [0, 0.1) is 30.6 Å². The Labute approximate surface area is 170 Å². The van der Waals surface area contributed by atoms with Gasteiger partial charge in [0.05, 0.1) is 6.04 Å². The van der Waals surface area contributed by atoms with Crippen LogP contribution in [0.4, 0.5) is 0 Å². The van der Waals surface area contributed by atoms with Crippen molar-refractivity contribution in [3.63, 3.8) is 0 Å². The van der Waals surface area contributed by atoms with E-state index in [9.17, 15) is 4.79 Å². The number of likely N-dealkylation sites (tertiary alicyclic amines) is 1. The Morgan fingerprint density at radius 2 is 1.67 bits per heavy atom. The number of aryl methyl sites for hydroxylation is 1. The molecule has 1 aromatic rings. The Morgan fingerprint density at radius 3 is 2.30 bits per heavy atom. The van der Waals surface area contributed by atoms with Crippen LogP contribution in [0.2, 0.25) is 0 Å². The van der Waals surface area contributed by atoms with Crippen LogP contribution in [0.25, 0.3) is 0 Å². The van der Waals surface area contributed by atoms with Crippen LogP contribution in [0.3, 0.4) is 0 Å². The molecule has 27 heavy (non-hydrogen) atoms. The summed E-state index contributed by atoms with van der Waals surface area (Å²) in [5, 5.41) is 0. The van der Waals surface area contributed by atoms with E-state index in [1.54, 1.807) is 0 Å². The number of carbonyl (C=O) groups excluding carboxylic acids is 1. The highest BCUT2D eigenvalue weighted by atomic mass is 35.5. The van der Waals surface area contributed by atoms with E-state index >= 15 is 0 Å². The van der Waals surface area contributed by atoms with Gasteiger partial charge in [-0.3, -0.25) is 4.79 Å². The predicted octanol–water partition coefficient (Wildman–Crippen LogP) is 4.87. The van der Waals surface area contributed by atoms with E-state index in [1.807, 2.05) is 0 Å². The first-order valence-corrected chi connectivity index (χ1v) is 10.7. The van der Waals surface area contributed by atoms with Crippen LogP contribution in [-0.2, 0) is 4.79 Å². The van der Waals surface area contributed by atoms with Crippen molar-refractivity contribution in [2.75, 3.05) is 6.54 Å². The lowest BCUT2D eigenvalue weighted by atomic mass is 9.64. The summed E-state index contributed by atoms with van der Waals surface area (Å²) < 4.78 is 0. The van der Waals surface area contributed by atoms with Gasteiger partial charge in [-0.05, 0) is 68.8 Å². The molecule has 3 fully saturated rings. The fourth-order valence-electron chi connectivity index (χ4n) is 5.93. The molecule has 1 heterocycles. The first kappa shape index (κ1) is 20.7. The maximum atomic E-state index is 13.6. The molecule has 0 aromatic heterocycles. The summed E-state index contributed by atoms with van der Waals surface area (Å²) in [7, 11) is 0. The Morgan fingerprint density at radius 1 is 1.04 bits per heavy atom. The monoisotopic (exact) mass is 390 g/mol. The van der Waals surface area contributed by atoms with E-state index < -0.39 is 0 Å². The predicted molar refractivity (Wildman–Crippen MR) is 113 cm³/mol. The second-order valence-corrected chi connectivity index (χ2v) is 9.20. The number of fused-ring (bicyclic) bond motifs is 2. The second-order valence-electron chi connectivity index (χ2n) is 9.20. The van der Waals surface area contributed by atoms with Crippen molar-refractivity contribution >= 4 is 18.3 Å². The number of nitrogens with zero attached hydrogens (tertiary/aromatic N) is 1. The molecule has 0 radical (unpaired) electrons. The van der Waals surface area contributed by atoms with Gasteiger partial charge in [0.1, 0.15) is 0 Å². The lowest BCUT2D eigenvalue weighted by Gasteiger charge is -2.47. The summed E-state index contributed by atoms with van der Waals surface area (Å²) >= 11 is 0. The second kappa shape index (κ2) is 8.53. The minimum absolute atomic E-state index is 0. The molecule has 1 aliphatic heterocycles. The minimum Gasteiger partial charge on any atom is -0.335 e. The Kier molecular flexibility index (Phi) is 6.53. The third kappa shape index (κ3) is 4.05. The van der Waals surface area contributed by atoms with Gasteiger partial charge < -0.3 is 10.6 Å². The van der Waals surface area contributed by atoms with Crippen molar-refractivity contribution in [2.24, 2.45) is 29.4 Å². The molecule has 2 bridgehead atoms. The lowest BCUT2D eigenvalue weighted by Crippen LogP contribution is -2.51. The van der Waals surface area contributed by atoms with E-state index in [4.69, 9.17) is 5.73 Å². The molecule has 2 aliphatic carbocycles. The van der Waals surface area contributed by atoms with Crippen LogP contribution in [-0.4, -0.2) is 23.4 Å². The molecular weight excluding hydrogens is 356 g/mol. The van der Waals surface area contributed by atoms with Crippen molar-refractivity contribution in [3.8, 4) is 0 Å². The van der Waals surface area contributed by atoms with E-state index in [0.717, 1.165) is 25.8 Å². The summed E-state index contributed by atoms with van der Waals surface area (Å²) in [6.45, 7) is 5.36. The largest absolute Gasteiger partial charge is 0.335 e. The number of hydrogen-bond acceptors (Lipinski definition) is 2. The molecule has 150 valence electrons. The number of piperidine rings is 1. The number of hydrogen-bond donors (Lipinski definition) is 1. The lowest BCUT2D eigenvalue weighted by molar-refractivity contribution is -0.144. The highest BCUT2D eigenvalue weighted by Crippen LogP contribution is 2.44. The molecule has 0 spiro atoms. The van der Waals surface area contributed by atoms with Crippen LogP contribution >= 0.6 is 12.4 Å². The van der Waals surface area contributed by atoms with Crippen molar-refractivity contribution in [3.05, 3.63) is 35.4 Å². The minimum atomic E-state index is 0. The summed E-state index contributed by atoms with van der Waals surface area (Å²) in [6.07, 6.45) is 8.12. The molecule has 2 N–H and O–H groups in total.